The first kappa shape index (κ1) is 19.1. The summed E-state index contributed by atoms with van der Waals surface area (Å²) in [7, 11) is 1.49. The lowest BCUT2D eigenvalue weighted by molar-refractivity contribution is -0.0442. The second-order valence-corrected chi connectivity index (χ2v) is 6.83. The SMILES string of the molecule is COc1nnc(C(=O)O)c(C)c1NCC1CCCC(c2ccc(C)cc2)O1. The normalized spacial score (nSPS) is 19.5. The summed E-state index contributed by atoms with van der Waals surface area (Å²) >= 11 is 0. The summed E-state index contributed by atoms with van der Waals surface area (Å²) in [6.45, 7) is 4.31. The predicted octanol–water partition coefficient (Wildman–Crippen LogP) is 3.52. The van der Waals surface area contributed by atoms with Gasteiger partial charge < -0.3 is 19.9 Å². The van der Waals surface area contributed by atoms with Crippen molar-refractivity contribution in [1.82, 2.24) is 10.2 Å². The van der Waals surface area contributed by atoms with Gasteiger partial charge in [-0.3, -0.25) is 0 Å². The Kier molecular flexibility index (Phi) is 5.91. The monoisotopic (exact) mass is 371 g/mol. The number of carboxylic acid groups (broad SMARTS) is 1. The van der Waals surface area contributed by atoms with Crippen LogP contribution in [0.25, 0.3) is 0 Å². The Bertz CT molecular complexity index is 808. The van der Waals surface area contributed by atoms with Gasteiger partial charge in [-0.15, -0.1) is 10.2 Å². The van der Waals surface area contributed by atoms with Crippen LogP contribution < -0.4 is 10.1 Å². The van der Waals surface area contributed by atoms with E-state index in [0.717, 1.165) is 19.3 Å². The van der Waals surface area contributed by atoms with Crippen LogP contribution in [-0.2, 0) is 4.74 Å². The quantitative estimate of drug-likeness (QED) is 0.802. The third-order valence-corrected chi connectivity index (χ3v) is 4.89. The van der Waals surface area contributed by atoms with Gasteiger partial charge in [0.25, 0.3) is 5.88 Å². The zero-order chi connectivity index (χ0) is 19.4. The Labute approximate surface area is 158 Å². The number of aromatic nitrogens is 2. The molecule has 2 N–H and O–H groups in total. The van der Waals surface area contributed by atoms with E-state index in [-0.39, 0.29) is 23.8 Å². The van der Waals surface area contributed by atoms with Crippen molar-refractivity contribution in [2.75, 3.05) is 19.0 Å². The highest BCUT2D eigenvalue weighted by Gasteiger charge is 2.25. The third kappa shape index (κ3) is 4.36. The number of rotatable bonds is 6. The maximum absolute atomic E-state index is 11.3. The Hall–Kier alpha value is -2.67. The zero-order valence-corrected chi connectivity index (χ0v) is 15.9. The number of carbonyl (C=O) groups is 1. The lowest BCUT2D eigenvalue weighted by Gasteiger charge is -2.31. The minimum absolute atomic E-state index is 0.0237. The fourth-order valence-electron chi connectivity index (χ4n) is 3.35. The van der Waals surface area contributed by atoms with E-state index in [1.54, 1.807) is 6.92 Å². The first-order chi connectivity index (χ1) is 13.0. The van der Waals surface area contributed by atoms with Gasteiger partial charge in [-0.25, -0.2) is 4.79 Å². The van der Waals surface area contributed by atoms with E-state index in [9.17, 15) is 9.90 Å². The van der Waals surface area contributed by atoms with Crippen molar-refractivity contribution < 1.29 is 19.4 Å². The molecule has 1 fully saturated rings. The van der Waals surface area contributed by atoms with E-state index in [1.807, 2.05) is 0 Å². The third-order valence-electron chi connectivity index (χ3n) is 4.89. The standard InChI is InChI=1S/C20H25N3O4/c1-12-7-9-14(10-8-12)16-6-4-5-15(27-16)11-21-17-13(2)18(20(24)25)22-23-19(17)26-3/h7-10,15-16H,4-6,11H2,1-3H3,(H,21,22)(H,24,25). The lowest BCUT2D eigenvalue weighted by atomic mass is 9.97. The van der Waals surface area contributed by atoms with Crippen LogP contribution in [0.3, 0.4) is 0 Å². The van der Waals surface area contributed by atoms with E-state index in [0.29, 0.717) is 17.8 Å². The summed E-state index contributed by atoms with van der Waals surface area (Å²) in [6.07, 6.45) is 3.13. The zero-order valence-electron chi connectivity index (χ0n) is 15.9. The van der Waals surface area contributed by atoms with Crippen molar-refractivity contribution in [3.8, 4) is 5.88 Å². The van der Waals surface area contributed by atoms with Crippen molar-refractivity contribution in [2.45, 2.75) is 45.3 Å². The lowest BCUT2D eigenvalue weighted by Crippen LogP contribution is -2.29. The van der Waals surface area contributed by atoms with Gasteiger partial charge in [-0.2, -0.15) is 0 Å². The molecule has 2 aromatic rings. The number of ether oxygens (including phenoxy) is 2. The maximum atomic E-state index is 11.3. The van der Waals surface area contributed by atoms with Crippen molar-refractivity contribution in [2.24, 2.45) is 0 Å². The Morgan fingerprint density at radius 3 is 2.67 bits per heavy atom. The summed E-state index contributed by atoms with van der Waals surface area (Å²) in [5.41, 5.74) is 3.39. The highest BCUT2D eigenvalue weighted by Crippen LogP contribution is 2.32. The molecule has 7 heteroatoms. The first-order valence-electron chi connectivity index (χ1n) is 9.10. The number of anilines is 1. The number of methoxy groups -OCH3 is 1. The van der Waals surface area contributed by atoms with E-state index >= 15 is 0 Å². The van der Waals surface area contributed by atoms with Crippen LogP contribution in [0.5, 0.6) is 5.88 Å². The number of nitrogens with zero attached hydrogens (tertiary/aromatic N) is 2. The van der Waals surface area contributed by atoms with Crippen molar-refractivity contribution in [3.63, 3.8) is 0 Å². The Balaban J connectivity index is 1.70. The molecule has 2 heterocycles. The molecule has 1 aromatic heterocycles. The molecule has 2 unspecified atom stereocenters. The van der Waals surface area contributed by atoms with Crippen molar-refractivity contribution in [1.29, 1.82) is 0 Å². The van der Waals surface area contributed by atoms with Crippen molar-refractivity contribution >= 4 is 11.7 Å². The molecule has 3 rings (SSSR count). The number of aromatic carboxylic acids is 1. The number of hydrogen-bond acceptors (Lipinski definition) is 6. The summed E-state index contributed by atoms with van der Waals surface area (Å²) < 4.78 is 11.5. The Morgan fingerprint density at radius 2 is 2.00 bits per heavy atom. The minimum atomic E-state index is -1.11. The van der Waals surface area contributed by atoms with Crippen LogP contribution in [0.2, 0.25) is 0 Å². The van der Waals surface area contributed by atoms with Crippen LogP contribution >= 0.6 is 0 Å². The molecule has 2 atom stereocenters. The smallest absolute Gasteiger partial charge is 0.356 e. The van der Waals surface area contributed by atoms with Crippen LogP contribution in [0.15, 0.2) is 24.3 Å². The van der Waals surface area contributed by atoms with E-state index < -0.39 is 5.97 Å². The van der Waals surface area contributed by atoms with Gasteiger partial charge in [-0.05, 0) is 38.7 Å². The molecule has 1 aromatic carbocycles. The van der Waals surface area contributed by atoms with Gasteiger partial charge in [0, 0.05) is 12.1 Å². The fourth-order valence-corrected chi connectivity index (χ4v) is 3.35. The molecule has 0 spiro atoms. The number of benzene rings is 1. The average molecular weight is 371 g/mol. The first-order valence-corrected chi connectivity index (χ1v) is 9.10. The van der Waals surface area contributed by atoms with Crippen LogP contribution in [0, 0.1) is 13.8 Å². The average Bonchev–Trinajstić information content (AvgIpc) is 2.67. The largest absolute Gasteiger partial charge is 0.478 e. The molecule has 0 radical (unpaired) electrons. The maximum Gasteiger partial charge on any atom is 0.356 e. The molecule has 7 nitrogen and oxygen atoms in total. The second kappa shape index (κ2) is 8.35. The van der Waals surface area contributed by atoms with E-state index in [4.69, 9.17) is 9.47 Å². The fraction of sp³-hybridized carbons (Fsp3) is 0.450. The molecular formula is C20H25N3O4. The summed E-state index contributed by atoms with van der Waals surface area (Å²) in [5, 5.41) is 20.1. The highest BCUT2D eigenvalue weighted by atomic mass is 16.5. The Morgan fingerprint density at radius 1 is 1.26 bits per heavy atom. The molecule has 0 bridgehead atoms. The predicted molar refractivity (Wildman–Crippen MR) is 101 cm³/mol. The number of aryl methyl sites for hydroxylation is 1. The number of carboxylic acids is 1. The van der Waals surface area contributed by atoms with Gasteiger partial charge in [-0.1, -0.05) is 29.8 Å². The summed E-state index contributed by atoms with van der Waals surface area (Å²) in [5.74, 6) is -0.831. The summed E-state index contributed by atoms with van der Waals surface area (Å²) in [4.78, 5) is 11.3. The van der Waals surface area contributed by atoms with E-state index in [2.05, 4.69) is 46.7 Å². The number of hydrogen-bond donors (Lipinski definition) is 2. The molecule has 0 amide bonds. The number of nitrogens with one attached hydrogen (secondary N) is 1. The van der Waals surface area contributed by atoms with Gasteiger partial charge in [0.05, 0.1) is 19.3 Å². The summed E-state index contributed by atoms with van der Waals surface area (Å²) in [6, 6.07) is 8.44. The molecule has 0 aliphatic carbocycles. The minimum Gasteiger partial charge on any atom is -0.478 e. The molecule has 1 saturated heterocycles. The highest BCUT2D eigenvalue weighted by molar-refractivity contribution is 5.89. The van der Waals surface area contributed by atoms with Crippen LogP contribution in [0.4, 0.5) is 5.69 Å². The molecular weight excluding hydrogens is 346 g/mol. The van der Waals surface area contributed by atoms with Crippen LogP contribution in [-0.4, -0.2) is 41.0 Å². The van der Waals surface area contributed by atoms with Gasteiger partial charge >= 0.3 is 5.97 Å². The second-order valence-electron chi connectivity index (χ2n) is 6.83. The van der Waals surface area contributed by atoms with Crippen molar-refractivity contribution in [3.05, 3.63) is 46.6 Å². The molecule has 0 saturated carbocycles. The molecule has 27 heavy (non-hydrogen) atoms. The van der Waals surface area contributed by atoms with Gasteiger partial charge in [0.2, 0.25) is 0 Å². The molecule has 144 valence electrons. The van der Waals surface area contributed by atoms with E-state index in [1.165, 1.54) is 18.2 Å². The van der Waals surface area contributed by atoms with Crippen LogP contribution in [0.1, 0.15) is 52.5 Å². The topological polar surface area (TPSA) is 93.6 Å². The van der Waals surface area contributed by atoms with Gasteiger partial charge in [0.15, 0.2) is 5.69 Å². The molecule has 1 aliphatic rings. The molecule has 1 aliphatic heterocycles. The van der Waals surface area contributed by atoms with Gasteiger partial charge in [0.1, 0.15) is 5.69 Å².